The molecule has 0 bridgehead atoms. The smallest absolute Gasteiger partial charge is 0.338 e. The van der Waals surface area contributed by atoms with Gasteiger partial charge >= 0.3 is 5.97 Å². The molecule has 0 radical (unpaired) electrons. The molecule has 0 saturated heterocycles. The number of ether oxygens (including phenoxy) is 1. The Bertz CT molecular complexity index is 1490. The van der Waals surface area contributed by atoms with Crippen LogP contribution in [-0.4, -0.2) is 33.8 Å². The summed E-state index contributed by atoms with van der Waals surface area (Å²) >= 11 is 0.877. The fourth-order valence-electron chi connectivity index (χ4n) is 3.26. The van der Waals surface area contributed by atoms with E-state index < -0.39 is 29.2 Å². The van der Waals surface area contributed by atoms with E-state index in [9.17, 15) is 23.6 Å². The van der Waals surface area contributed by atoms with Crippen LogP contribution in [0.5, 0.6) is 0 Å². The van der Waals surface area contributed by atoms with Gasteiger partial charge in [-0.15, -0.1) is 0 Å². The van der Waals surface area contributed by atoms with Crippen molar-refractivity contribution in [1.29, 1.82) is 0 Å². The van der Waals surface area contributed by atoms with Gasteiger partial charge in [-0.1, -0.05) is 11.3 Å². The average Bonchev–Trinajstić information content (AvgIpc) is 3.21. The monoisotopic (exact) mass is 494 g/mol. The zero-order valence-electron chi connectivity index (χ0n) is 18.6. The molecule has 0 atom stereocenters. The number of hydrogen-bond donors (Lipinski definition) is 2. The molecular formula is C24H19FN4O5S. The number of carbonyl (C=O) groups excluding carboxylic acids is 3. The highest BCUT2D eigenvalue weighted by Gasteiger charge is 2.26. The van der Waals surface area contributed by atoms with E-state index in [-0.39, 0.29) is 22.1 Å². The van der Waals surface area contributed by atoms with Crippen molar-refractivity contribution >= 4 is 45.5 Å². The van der Waals surface area contributed by atoms with Crippen LogP contribution in [0.3, 0.4) is 0 Å². The van der Waals surface area contributed by atoms with Gasteiger partial charge in [0, 0.05) is 23.1 Å². The number of amides is 2. The summed E-state index contributed by atoms with van der Waals surface area (Å²) in [7, 11) is 0. The Balaban J connectivity index is 1.70. The molecule has 9 nitrogen and oxygen atoms in total. The summed E-state index contributed by atoms with van der Waals surface area (Å²) in [6.07, 6.45) is 0. The Morgan fingerprint density at radius 1 is 1.00 bits per heavy atom. The molecule has 35 heavy (non-hydrogen) atoms. The second kappa shape index (κ2) is 9.85. The Hall–Kier alpha value is -4.38. The first-order valence-corrected chi connectivity index (χ1v) is 11.3. The van der Waals surface area contributed by atoms with Crippen LogP contribution in [-0.2, 0) is 4.74 Å². The Morgan fingerprint density at radius 2 is 1.60 bits per heavy atom. The maximum Gasteiger partial charge on any atom is 0.338 e. The maximum atomic E-state index is 13.3. The highest BCUT2D eigenvalue weighted by Crippen LogP contribution is 2.24. The zero-order chi connectivity index (χ0) is 25.1. The maximum absolute atomic E-state index is 13.3. The van der Waals surface area contributed by atoms with E-state index in [1.807, 2.05) is 0 Å². The number of aryl methyl sites for hydroxylation is 1. The fraction of sp³-hybridized carbons (Fsp3) is 0.125. The third-order valence-corrected chi connectivity index (χ3v) is 5.86. The fourth-order valence-corrected chi connectivity index (χ4v) is 4.33. The van der Waals surface area contributed by atoms with Crippen molar-refractivity contribution in [3.05, 3.63) is 92.6 Å². The SMILES string of the molecule is CCOC(=O)c1ccc(NC(=O)c2c(C(=O)Nc3ccc(F)cc3)sc3nc(C)cc(=O)n23)cc1. The van der Waals surface area contributed by atoms with E-state index in [1.54, 1.807) is 13.8 Å². The van der Waals surface area contributed by atoms with Gasteiger partial charge in [0.05, 0.1) is 12.2 Å². The molecular weight excluding hydrogens is 475 g/mol. The topological polar surface area (TPSA) is 119 Å². The van der Waals surface area contributed by atoms with Gasteiger partial charge in [-0.3, -0.25) is 14.4 Å². The normalized spacial score (nSPS) is 10.7. The van der Waals surface area contributed by atoms with Crippen LogP contribution in [0.15, 0.2) is 59.4 Å². The molecule has 2 amide bonds. The summed E-state index contributed by atoms with van der Waals surface area (Å²) < 4.78 is 19.2. The molecule has 2 heterocycles. The van der Waals surface area contributed by atoms with Gasteiger partial charge in [0.15, 0.2) is 4.96 Å². The lowest BCUT2D eigenvalue weighted by molar-refractivity contribution is 0.0526. The number of esters is 1. The van der Waals surface area contributed by atoms with Gasteiger partial charge in [-0.25, -0.2) is 18.6 Å². The molecule has 178 valence electrons. The molecule has 0 saturated carbocycles. The summed E-state index contributed by atoms with van der Waals surface area (Å²) in [4.78, 5) is 55.3. The van der Waals surface area contributed by atoms with E-state index in [2.05, 4.69) is 15.6 Å². The summed E-state index contributed by atoms with van der Waals surface area (Å²) in [5.74, 6) is -2.35. The van der Waals surface area contributed by atoms with E-state index in [4.69, 9.17) is 4.74 Å². The molecule has 0 aliphatic heterocycles. The van der Waals surface area contributed by atoms with E-state index >= 15 is 0 Å². The number of nitrogens with one attached hydrogen (secondary N) is 2. The van der Waals surface area contributed by atoms with Crippen molar-refractivity contribution in [2.45, 2.75) is 13.8 Å². The Labute approximate surface area is 202 Å². The van der Waals surface area contributed by atoms with Gasteiger partial charge in [0.2, 0.25) is 0 Å². The lowest BCUT2D eigenvalue weighted by Gasteiger charge is -2.09. The van der Waals surface area contributed by atoms with Crippen LogP contribution in [0.25, 0.3) is 4.96 Å². The molecule has 0 aliphatic carbocycles. The van der Waals surface area contributed by atoms with Crippen molar-refractivity contribution < 1.29 is 23.5 Å². The predicted octanol–water partition coefficient (Wildman–Crippen LogP) is 3.88. The number of thiazole rings is 1. The minimum atomic E-state index is -0.725. The molecule has 0 unspecified atom stereocenters. The standard InChI is InChI=1S/C24H19FN4O5S/c1-3-34-23(33)14-4-8-16(9-5-14)27-21(31)19-20(22(32)28-17-10-6-15(25)7-11-17)35-24-26-13(2)12-18(30)29(19)24/h4-12H,3H2,1-2H3,(H,27,31)(H,28,32). The minimum Gasteiger partial charge on any atom is -0.462 e. The summed E-state index contributed by atoms with van der Waals surface area (Å²) in [5.41, 5.74) is 0.667. The Kier molecular flexibility index (Phi) is 6.69. The van der Waals surface area contributed by atoms with Crippen LogP contribution in [0.2, 0.25) is 0 Å². The zero-order valence-corrected chi connectivity index (χ0v) is 19.4. The number of anilines is 2. The van der Waals surface area contributed by atoms with E-state index in [0.29, 0.717) is 22.6 Å². The average molecular weight is 495 g/mol. The van der Waals surface area contributed by atoms with Crippen LogP contribution >= 0.6 is 11.3 Å². The third-order valence-electron chi connectivity index (χ3n) is 4.83. The van der Waals surface area contributed by atoms with Crippen molar-refractivity contribution in [2.75, 3.05) is 17.2 Å². The van der Waals surface area contributed by atoms with Crippen molar-refractivity contribution in [3.63, 3.8) is 0 Å². The van der Waals surface area contributed by atoms with Gasteiger partial charge in [-0.05, 0) is 62.4 Å². The molecule has 2 aromatic carbocycles. The highest BCUT2D eigenvalue weighted by molar-refractivity contribution is 7.19. The summed E-state index contributed by atoms with van der Waals surface area (Å²) in [5, 5.41) is 5.24. The van der Waals surface area contributed by atoms with E-state index in [1.165, 1.54) is 54.6 Å². The van der Waals surface area contributed by atoms with Gasteiger partial charge < -0.3 is 15.4 Å². The molecule has 0 spiro atoms. The number of benzene rings is 2. The van der Waals surface area contributed by atoms with Crippen molar-refractivity contribution in [1.82, 2.24) is 9.38 Å². The summed E-state index contributed by atoms with van der Waals surface area (Å²) in [6, 6.07) is 12.3. The number of fused-ring (bicyclic) bond motifs is 1. The quantitative estimate of drug-likeness (QED) is 0.393. The molecule has 4 aromatic rings. The predicted molar refractivity (Wildman–Crippen MR) is 129 cm³/mol. The Morgan fingerprint density at radius 3 is 2.23 bits per heavy atom. The number of hydrogen-bond acceptors (Lipinski definition) is 7. The first kappa shape index (κ1) is 23.8. The molecule has 2 N–H and O–H groups in total. The number of rotatable bonds is 6. The van der Waals surface area contributed by atoms with Gasteiger partial charge in [-0.2, -0.15) is 0 Å². The highest BCUT2D eigenvalue weighted by atomic mass is 32.1. The number of halogens is 1. The first-order valence-electron chi connectivity index (χ1n) is 10.5. The van der Waals surface area contributed by atoms with Crippen LogP contribution in [0.4, 0.5) is 15.8 Å². The third kappa shape index (κ3) is 5.09. The molecule has 4 rings (SSSR count). The summed E-state index contributed by atoms with van der Waals surface area (Å²) in [6.45, 7) is 3.55. The molecule has 11 heteroatoms. The van der Waals surface area contributed by atoms with Crippen molar-refractivity contribution in [2.24, 2.45) is 0 Å². The number of aromatic nitrogens is 2. The molecule has 2 aromatic heterocycles. The largest absolute Gasteiger partial charge is 0.462 e. The van der Waals surface area contributed by atoms with Gasteiger partial charge in [0.25, 0.3) is 17.4 Å². The second-order valence-corrected chi connectivity index (χ2v) is 8.32. The van der Waals surface area contributed by atoms with E-state index in [0.717, 1.165) is 15.7 Å². The van der Waals surface area contributed by atoms with Gasteiger partial charge in [0.1, 0.15) is 16.4 Å². The minimum absolute atomic E-state index is 0.0508. The first-order chi connectivity index (χ1) is 16.8. The van der Waals surface area contributed by atoms with Crippen LogP contribution in [0.1, 0.15) is 43.1 Å². The second-order valence-electron chi connectivity index (χ2n) is 7.35. The number of carbonyl (C=O) groups is 3. The molecule has 0 aliphatic rings. The van der Waals surface area contributed by atoms with Crippen molar-refractivity contribution in [3.8, 4) is 0 Å². The van der Waals surface area contributed by atoms with Crippen LogP contribution in [0, 0.1) is 12.7 Å². The lowest BCUT2D eigenvalue weighted by atomic mass is 10.2. The lowest BCUT2D eigenvalue weighted by Crippen LogP contribution is -2.25. The number of nitrogens with zero attached hydrogens (tertiary/aromatic N) is 2. The molecule has 0 fully saturated rings. The van der Waals surface area contributed by atoms with Crippen LogP contribution < -0.4 is 16.2 Å².